The van der Waals surface area contributed by atoms with Gasteiger partial charge in [0.25, 0.3) is 0 Å². The number of nitrogens with zero attached hydrogens (tertiary/aromatic N) is 2. The summed E-state index contributed by atoms with van der Waals surface area (Å²) in [7, 11) is 0. The van der Waals surface area contributed by atoms with E-state index in [1.807, 2.05) is 5.38 Å². The second kappa shape index (κ2) is 6.19. The number of hydrogen-bond donors (Lipinski definition) is 0. The molecule has 24 heavy (non-hydrogen) atoms. The summed E-state index contributed by atoms with van der Waals surface area (Å²) in [5.41, 5.74) is 6.17. The van der Waals surface area contributed by atoms with Gasteiger partial charge in [-0.05, 0) is 27.8 Å². The monoisotopic (exact) mass is 336 g/mol. The van der Waals surface area contributed by atoms with E-state index in [-0.39, 0.29) is 9.92 Å². The molecule has 0 aliphatic carbocycles. The number of nitro groups is 1. The summed E-state index contributed by atoms with van der Waals surface area (Å²) in [6.07, 6.45) is 0. The minimum atomic E-state index is -0.318. The molecule has 0 radical (unpaired) electrons. The highest BCUT2D eigenvalue weighted by molar-refractivity contribution is 7.13. The number of thiophene rings is 1. The first-order chi connectivity index (χ1) is 11.7. The fourth-order valence-electron chi connectivity index (χ4n) is 3.29. The van der Waals surface area contributed by atoms with Gasteiger partial charge in [0.2, 0.25) is 0 Å². The first kappa shape index (κ1) is 15.1. The number of benzene rings is 2. The van der Waals surface area contributed by atoms with E-state index in [2.05, 4.69) is 53.4 Å². The van der Waals surface area contributed by atoms with Gasteiger partial charge in [-0.1, -0.05) is 59.9 Å². The summed E-state index contributed by atoms with van der Waals surface area (Å²) >= 11 is 1.20. The second-order valence-corrected chi connectivity index (χ2v) is 6.90. The van der Waals surface area contributed by atoms with Crippen molar-refractivity contribution in [2.75, 3.05) is 0 Å². The van der Waals surface area contributed by atoms with E-state index in [0.29, 0.717) is 6.54 Å². The molecule has 1 aliphatic heterocycles. The third-order valence-corrected chi connectivity index (χ3v) is 5.27. The molecule has 0 bridgehead atoms. The first-order valence-electron chi connectivity index (χ1n) is 7.81. The molecule has 2 heterocycles. The Morgan fingerprint density at radius 3 is 2.12 bits per heavy atom. The smallest absolute Gasteiger partial charge is 0.291 e. The van der Waals surface area contributed by atoms with Crippen LogP contribution in [-0.4, -0.2) is 9.82 Å². The van der Waals surface area contributed by atoms with Crippen LogP contribution in [0.25, 0.3) is 11.1 Å². The molecule has 0 saturated heterocycles. The van der Waals surface area contributed by atoms with Crippen molar-refractivity contribution in [1.82, 2.24) is 4.90 Å². The molecule has 0 fully saturated rings. The molecular formula is C19H16N2O2S. The molecule has 3 aromatic rings. The lowest BCUT2D eigenvalue weighted by Crippen LogP contribution is -2.21. The summed E-state index contributed by atoms with van der Waals surface area (Å²) < 4.78 is 0. The molecule has 0 atom stereocenters. The van der Waals surface area contributed by atoms with E-state index in [1.165, 1.54) is 33.6 Å². The summed E-state index contributed by atoms with van der Waals surface area (Å²) in [5, 5.41) is 13.0. The zero-order chi connectivity index (χ0) is 16.5. The Morgan fingerprint density at radius 2 is 1.58 bits per heavy atom. The number of hydrogen-bond acceptors (Lipinski definition) is 4. The quantitative estimate of drug-likeness (QED) is 0.508. The van der Waals surface area contributed by atoms with Crippen LogP contribution in [0.15, 0.2) is 60.0 Å². The highest BCUT2D eigenvalue weighted by Gasteiger charge is 2.20. The highest BCUT2D eigenvalue weighted by atomic mass is 32.1. The van der Waals surface area contributed by atoms with Crippen molar-refractivity contribution in [2.24, 2.45) is 0 Å². The Morgan fingerprint density at radius 1 is 1.00 bits per heavy atom. The van der Waals surface area contributed by atoms with Crippen molar-refractivity contribution < 1.29 is 4.92 Å². The predicted octanol–water partition coefficient (Wildman–Crippen LogP) is 4.84. The molecule has 0 N–H and O–H groups in total. The fourth-order valence-corrected chi connectivity index (χ4v) is 4.01. The van der Waals surface area contributed by atoms with Crippen LogP contribution < -0.4 is 0 Å². The largest absolute Gasteiger partial charge is 0.324 e. The van der Waals surface area contributed by atoms with Crippen molar-refractivity contribution in [3.05, 3.63) is 86.8 Å². The lowest BCUT2D eigenvalue weighted by atomic mass is 9.97. The van der Waals surface area contributed by atoms with E-state index in [0.717, 1.165) is 18.7 Å². The summed E-state index contributed by atoms with van der Waals surface area (Å²) in [6, 6.07) is 18.7. The van der Waals surface area contributed by atoms with Crippen LogP contribution in [0.5, 0.6) is 0 Å². The molecule has 0 spiro atoms. The third kappa shape index (κ3) is 2.84. The van der Waals surface area contributed by atoms with E-state index >= 15 is 0 Å². The van der Waals surface area contributed by atoms with E-state index in [4.69, 9.17) is 0 Å². The molecule has 5 heteroatoms. The van der Waals surface area contributed by atoms with Gasteiger partial charge in [0.05, 0.1) is 4.92 Å². The van der Waals surface area contributed by atoms with Gasteiger partial charge < -0.3 is 0 Å². The fraction of sp³-hybridized carbons (Fsp3) is 0.158. The maximum Gasteiger partial charge on any atom is 0.324 e. The van der Waals surface area contributed by atoms with Crippen molar-refractivity contribution in [3.8, 4) is 11.1 Å². The van der Waals surface area contributed by atoms with Crippen LogP contribution in [-0.2, 0) is 19.6 Å². The van der Waals surface area contributed by atoms with Crippen LogP contribution in [0.1, 0.15) is 16.7 Å². The SMILES string of the molecule is O=[N+]([O-])c1cc(CN2Cc3ccccc3-c3ccccc3C2)cs1. The minimum Gasteiger partial charge on any atom is -0.291 e. The predicted molar refractivity (Wildman–Crippen MR) is 95.8 cm³/mol. The molecule has 1 aromatic heterocycles. The van der Waals surface area contributed by atoms with Crippen molar-refractivity contribution >= 4 is 16.3 Å². The number of rotatable bonds is 3. The second-order valence-electron chi connectivity index (χ2n) is 6.01. The Labute approximate surface area is 144 Å². The van der Waals surface area contributed by atoms with Gasteiger partial charge in [0, 0.05) is 31.1 Å². The maximum absolute atomic E-state index is 10.9. The van der Waals surface area contributed by atoms with Crippen LogP contribution in [0.3, 0.4) is 0 Å². The standard InChI is InChI=1S/C19H16N2O2S/c22-21(23)19-9-14(13-24-19)10-20-11-15-5-1-3-7-17(15)18-8-4-2-6-16(18)12-20/h1-9,13H,10-12H2. The Bertz CT molecular complexity index is 856. The summed E-state index contributed by atoms with van der Waals surface area (Å²) in [5.74, 6) is 0. The third-order valence-electron chi connectivity index (χ3n) is 4.34. The molecule has 4 rings (SSSR count). The van der Waals surface area contributed by atoms with E-state index < -0.39 is 0 Å². The van der Waals surface area contributed by atoms with Gasteiger partial charge in [-0.25, -0.2) is 0 Å². The zero-order valence-corrected chi connectivity index (χ0v) is 13.8. The lowest BCUT2D eigenvalue weighted by Gasteiger charge is -2.20. The first-order valence-corrected chi connectivity index (χ1v) is 8.69. The van der Waals surface area contributed by atoms with Gasteiger partial charge in [-0.15, -0.1) is 0 Å². The Hall–Kier alpha value is -2.50. The molecule has 1 aliphatic rings. The molecular weight excluding hydrogens is 320 g/mol. The molecule has 0 amide bonds. The maximum atomic E-state index is 10.9. The molecule has 2 aromatic carbocycles. The molecule has 4 nitrogen and oxygen atoms in total. The van der Waals surface area contributed by atoms with Crippen LogP contribution in [0.2, 0.25) is 0 Å². The van der Waals surface area contributed by atoms with Crippen LogP contribution >= 0.6 is 11.3 Å². The van der Waals surface area contributed by atoms with Gasteiger partial charge >= 0.3 is 5.00 Å². The zero-order valence-electron chi connectivity index (χ0n) is 13.0. The topological polar surface area (TPSA) is 46.4 Å². The lowest BCUT2D eigenvalue weighted by molar-refractivity contribution is -0.380. The van der Waals surface area contributed by atoms with E-state index in [9.17, 15) is 10.1 Å². The van der Waals surface area contributed by atoms with Crippen molar-refractivity contribution in [2.45, 2.75) is 19.6 Å². The minimum absolute atomic E-state index is 0.209. The molecule has 120 valence electrons. The van der Waals surface area contributed by atoms with Gasteiger partial charge in [-0.2, -0.15) is 0 Å². The number of fused-ring (bicyclic) bond motifs is 3. The van der Waals surface area contributed by atoms with Crippen LogP contribution in [0.4, 0.5) is 5.00 Å². The average Bonchev–Trinajstić information content (AvgIpc) is 2.98. The van der Waals surface area contributed by atoms with Gasteiger partial charge in [-0.3, -0.25) is 15.0 Å². The Kier molecular flexibility index (Phi) is 3.88. The molecule has 0 saturated carbocycles. The normalized spacial score (nSPS) is 13.8. The highest BCUT2D eigenvalue weighted by Crippen LogP contribution is 2.33. The Balaban J connectivity index is 1.68. The van der Waals surface area contributed by atoms with E-state index in [1.54, 1.807) is 6.07 Å². The van der Waals surface area contributed by atoms with Gasteiger partial charge in [0.15, 0.2) is 0 Å². The average molecular weight is 336 g/mol. The molecule has 0 unspecified atom stereocenters. The van der Waals surface area contributed by atoms with Crippen molar-refractivity contribution in [1.29, 1.82) is 0 Å². The van der Waals surface area contributed by atoms with Crippen LogP contribution in [0, 0.1) is 10.1 Å². The summed E-state index contributed by atoms with van der Waals surface area (Å²) in [4.78, 5) is 12.9. The van der Waals surface area contributed by atoms with Gasteiger partial charge in [0.1, 0.15) is 0 Å². The summed E-state index contributed by atoms with van der Waals surface area (Å²) in [6.45, 7) is 2.40. The van der Waals surface area contributed by atoms with Crippen molar-refractivity contribution in [3.63, 3.8) is 0 Å².